The second-order valence-electron chi connectivity index (χ2n) is 13.7. The molecule has 9 nitrogen and oxygen atoms in total. The molecule has 1 heterocycles. The molecule has 0 saturated carbocycles. The number of hydrogen-bond donors (Lipinski definition) is 1. The topological polar surface area (TPSA) is 118 Å². The number of alkyl halides is 12. The van der Waals surface area contributed by atoms with Crippen LogP contribution in [-0.4, -0.2) is 30.6 Å². The normalized spacial score (nSPS) is 15.3. The van der Waals surface area contributed by atoms with Crippen LogP contribution in [0.2, 0.25) is 0 Å². The first-order valence-electron chi connectivity index (χ1n) is 18.5. The highest BCUT2D eigenvalue weighted by Gasteiger charge is 2.60. The van der Waals surface area contributed by atoms with E-state index in [0.29, 0.717) is 16.7 Å². The highest BCUT2D eigenvalue weighted by molar-refractivity contribution is 5.51. The smallest absolute Gasteiger partial charge is 0.406 e. The molecule has 6 aromatic carbocycles. The molecular formula is C44H29F12N3O6. The Labute approximate surface area is 359 Å². The van der Waals surface area contributed by atoms with Crippen LogP contribution in [-0.2, 0) is 15.9 Å². The number of ether oxygens (including phenoxy) is 5. The van der Waals surface area contributed by atoms with Gasteiger partial charge in [-0.25, -0.2) is 0 Å². The summed E-state index contributed by atoms with van der Waals surface area (Å²) in [6, 6.07) is 35.4. The molecule has 0 radical (unpaired) electrons. The number of aliphatic hydroxyl groups is 1. The Morgan fingerprint density at radius 3 is 1.26 bits per heavy atom. The van der Waals surface area contributed by atoms with E-state index < -0.39 is 71.8 Å². The summed E-state index contributed by atoms with van der Waals surface area (Å²) in [5.41, 5.74) is 6.99. The Bertz CT molecular complexity index is 2480. The lowest BCUT2D eigenvalue weighted by Gasteiger charge is -2.35. The molecule has 1 N–H and O–H groups in total. The van der Waals surface area contributed by atoms with E-state index in [4.69, 9.17) is 4.74 Å². The lowest BCUT2D eigenvalue weighted by Crippen LogP contribution is -2.33. The third-order valence-electron chi connectivity index (χ3n) is 9.44. The fourth-order valence-electron chi connectivity index (χ4n) is 7.00. The van der Waals surface area contributed by atoms with Crippen LogP contribution in [0.5, 0.6) is 23.0 Å². The summed E-state index contributed by atoms with van der Waals surface area (Å²) in [5, 5.41) is 15.0. The van der Waals surface area contributed by atoms with E-state index in [1.807, 2.05) is 0 Å². The number of aliphatic hydroxyl groups excluding tert-OH is 1. The van der Waals surface area contributed by atoms with Gasteiger partial charge in [0.25, 0.3) is 0 Å². The van der Waals surface area contributed by atoms with Crippen LogP contribution in [0, 0.1) is 0 Å². The van der Waals surface area contributed by atoms with Gasteiger partial charge in [-0.1, -0.05) is 114 Å². The Hall–Kier alpha value is -7.09. The van der Waals surface area contributed by atoms with Crippen LogP contribution in [0.25, 0.3) is 10.4 Å². The van der Waals surface area contributed by atoms with Gasteiger partial charge in [0.2, 0.25) is 0 Å². The van der Waals surface area contributed by atoms with E-state index in [9.17, 15) is 63.3 Å². The average Bonchev–Trinajstić information content (AvgIpc) is 3.99. The first-order chi connectivity index (χ1) is 30.5. The lowest BCUT2D eigenvalue weighted by atomic mass is 9.76. The molecule has 1 aliphatic rings. The van der Waals surface area contributed by atoms with E-state index >= 15 is 0 Å². The van der Waals surface area contributed by atoms with Crippen molar-refractivity contribution in [1.29, 1.82) is 0 Å². The van der Waals surface area contributed by atoms with Crippen molar-refractivity contribution in [3.8, 4) is 23.0 Å². The molecule has 0 amide bonds. The summed E-state index contributed by atoms with van der Waals surface area (Å²) in [6.07, 6.45) is -22.2. The van der Waals surface area contributed by atoms with Crippen LogP contribution in [0.4, 0.5) is 52.7 Å². The second-order valence-corrected chi connectivity index (χ2v) is 13.7. The number of azide groups is 1. The quantitative estimate of drug-likeness (QED) is 0.0429. The maximum Gasteiger partial charge on any atom is 0.573 e. The maximum absolute atomic E-state index is 12.8. The van der Waals surface area contributed by atoms with Gasteiger partial charge in [0.1, 0.15) is 40.2 Å². The van der Waals surface area contributed by atoms with Crippen LogP contribution in [0.15, 0.2) is 163 Å². The SMILES string of the molecule is FC(F)(F)Oc1cccc(C2(c3cccc(OC(F)(F)F)c3)O[C@H]2c2ccccc2)c1.[N-]=[N+]=NC(c1cccc(OC(F)(F)F)c1)(c1cccc(OC(F)(F)F)c1)[C@@H](O)c1ccccc1. The summed E-state index contributed by atoms with van der Waals surface area (Å²) in [7, 11) is 0. The Morgan fingerprint density at radius 1 is 0.508 bits per heavy atom. The summed E-state index contributed by atoms with van der Waals surface area (Å²) in [4.78, 5) is 2.75. The molecule has 2 atom stereocenters. The van der Waals surface area contributed by atoms with E-state index in [1.165, 1.54) is 48.5 Å². The zero-order valence-electron chi connectivity index (χ0n) is 32.5. The van der Waals surface area contributed by atoms with E-state index in [1.54, 1.807) is 48.5 Å². The predicted octanol–water partition coefficient (Wildman–Crippen LogP) is 13.3. The van der Waals surface area contributed by atoms with Gasteiger partial charge in [-0.2, -0.15) is 0 Å². The van der Waals surface area contributed by atoms with Crippen molar-refractivity contribution < 1.29 is 81.5 Å². The van der Waals surface area contributed by atoms with Crippen molar-refractivity contribution in [3.05, 3.63) is 202 Å². The first-order valence-corrected chi connectivity index (χ1v) is 18.5. The number of rotatable bonds is 12. The molecule has 0 spiro atoms. The molecule has 7 rings (SSSR count). The van der Waals surface area contributed by atoms with Gasteiger partial charge in [-0.05, 0) is 87.4 Å². The monoisotopic (exact) mass is 923 g/mol. The largest absolute Gasteiger partial charge is 0.573 e. The Balaban J connectivity index is 0.000000216. The van der Waals surface area contributed by atoms with Gasteiger partial charge in [0, 0.05) is 4.91 Å². The molecule has 21 heteroatoms. The highest BCUT2D eigenvalue weighted by atomic mass is 19.4. The molecule has 1 fully saturated rings. The van der Waals surface area contributed by atoms with Crippen molar-refractivity contribution in [3.63, 3.8) is 0 Å². The molecule has 0 aliphatic carbocycles. The summed E-state index contributed by atoms with van der Waals surface area (Å²) >= 11 is 0. The molecule has 65 heavy (non-hydrogen) atoms. The zero-order valence-corrected chi connectivity index (χ0v) is 32.5. The Morgan fingerprint density at radius 2 is 0.877 bits per heavy atom. The van der Waals surface area contributed by atoms with E-state index in [2.05, 4.69) is 29.0 Å². The molecule has 340 valence electrons. The molecule has 1 aliphatic heterocycles. The van der Waals surface area contributed by atoms with Crippen molar-refractivity contribution in [2.45, 2.75) is 48.8 Å². The van der Waals surface area contributed by atoms with Gasteiger partial charge in [0.15, 0.2) is 0 Å². The molecule has 0 unspecified atom stereocenters. The summed E-state index contributed by atoms with van der Waals surface area (Å²) in [6.45, 7) is 0. The molecular weight excluding hydrogens is 894 g/mol. The standard InChI is InChI=1S/C22H15F6N3O3.C22H14F6O3/c23-21(24,25)33-17-10-4-8-15(12-17)20(30-31-29,19(32)14-6-2-1-3-7-14)16-9-5-11-18(13-16)34-22(26,27)28;23-21(24,25)29-17-10-4-8-15(12-17)20(19(31-20)14-6-2-1-3-7-14)16-9-5-11-18(13-16)30-22(26,27)28/h1-13,19,32H;1-13,19H/t2*19-/m00/s1. The maximum atomic E-state index is 12.8. The van der Waals surface area contributed by atoms with Gasteiger partial charge < -0.3 is 28.8 Å². The van der Waals surface area contributed by atoms with Gasteiger partial charge in [-0.15, -0.1) is 52.7 Å². The predicted molar refractivity (Wildman–Crippen MR) is 205 cm³/mol. The first kappa shape index (κ1) is 47.4. The number of halogens is 12. The van der Waals surface area contributed by atoms with Gasteiger partial charge in [-0.3, -0.25) is 0 Å². The number of hydrogen-bond acceptors (Lipinski definition) is 7. The van der Waals surface area contributed by atoms with Crippen LogP contribution < -0.4 is 18.9 Å². The number of nitrogens with zero attached hydrogens (tertiary/aromatic N) is 3. The molecule has 0 aromatic heterocycles. The van der Waals surface area contributed by atoms with Gasteiger partial charge >= 0.3 is 25.4 Å². The molecule has 0 bridgehead atoms. The summed E-state index contributed by atoms with van der Waals surface area (Å²) in [5.74, 6) is -2.31. The molecule has 1 saturated heterocycles. The van der Waals surface area contributed by atoms with Gasteiger partial charge in [0.05, 0.1) is 6.10 Å². The third-order valence-corrected chi connectivity index (χ3v) is 9.44. The lowest BCUT2D eigenvalue weighted by molar-refractivity contribution is -0.275. The second kappa shape index (κ2) is 18.6. The Kier molecular flexibility index (Phi) is 13.5. The van der Waals surface area contributed by atoms with Crippen molar-refractivity contribution in [2.75, 3.05) is 0 Å². The third kappa shape index (κ3) is 11.9. The minimum Gasteiger partial charge on any atom is -0.406 e. The zero-order chi connectivity index (χ0) is 47.3. The fraction of sp³-hybridized carbons (Fsp3) is 0.182. The minimum absolute atomic E-state index is 0.174. The minimum atomic E-state index is -5.04. The van der Waals surface area contributed by atoms with Crippen LogP contribution in [0.3, 0.4) is 0 Å². The number of benzene rings is 6. The van der Waals surface area contributed by atoms with E-state index in [0.717, 1.165) is 60.7 Å². The van der Waals surface area contributed by atoms with Crippen LogP contribution >= 0.6 is 0 Å². The highest BCUT2D eigenvalue weighted by Crippen LogP contribution is 2.62. The fourth-order valence-corrected chi connectivity index (χ4v) is 7.00. The average molecular weight is 924 g/mol. The number of epoxide rings is 1. The van der Waals surface area contributed by atoms with Crippen molar-refractivity contribution in [1.82, 2.24) is 0 Å². The van der Waals surface area contributed by atoms with Crippen molar-refractivity contribution in [2.24, 2.45) is 5.11 Å². The molecule has 6 aromatic rings. The summed E-state index contributed by atoms with van der Waals surface area (Å²) < 4.78 is 175. The van der Waals surface area contributed by atoms with Crippen LogP contribution in [0.1, 0.15) is 45.6 Å². The van der Waals surface area contributed by atoms with Crippen molar-refractivity contribution >= 4 is 0 Å². The van der Waals surface area contributed by atoms with E-state index in [-0.39, 0.29) is 16.7 Å².